The molecule has 4 aliphatic rings. The summed E-state index contributed by atoms with van der Waals surface area (Å²) >= 11 is 0. The van der Waals surface area contributed by atoms with Gasteiger partial charge in [0.1, 0.15) is 30.5 Å². The minimum absolute atomic E-state index is 0.118. The van der Waals surface area contributed by atoms with Crippen LogP contribution in [0.3, 0.4) is 0 Å². The number of hydrogen-bond donors (Lipinski definition) is 3. The van der Waals surface area contributed by atoms with E-state index in [0.29, 0.717) is 0 Å². The fourth-order valence-corrected chi connectivity index (χ4v) is 7.98. The van der Waals surface area contributed by atoms with E-state index in [-0.39, 0.29) is 26.4 Å². The molecule has 4 heterocycles. The highest BCUT2D eigenvalue weighted by atomic mass is 32.2. The molecule has 4 bridgehead atoms. The van der Waals surface area contributed by atoms with E-state index in [0.717, 1.165) is 17.2 Å². The van der Waals surface area contributed by atoms with Crippen LogP contribution >= 0.6 is 0 Å². The van der Waals surface area contributed by atoms with Gasteiger partial charge in [0.2, 0.25) is 10.0 Å². The lowest BCUT2D eigenvalue weighted by molar-refractivity contribution is -0.387. The van der Waals surface area contributed by atoms with Crippen LogP contribution in [0.4, 0.5) is 5.69 Å². The van der Waals surface area contributed by atoms with Gasteiger partial charge in [-0.15, -0.1) is 0 Å². The third kappa shape index (κ3) is 6.69. The zero-order valence-electron chi connectivity index (χ0n) is 25.1. The Balaban J connectivity index is 1.18. The van der Waals surface area contributed by atoms with Crippen molar-refractivity contribution in [2.45, 2.75) is 79.3 Å². The zero-order chi connectivity index (χ0) is 32.5. The average molecular weight is 670 g/mol. The topological polar surface area (TPSA) is 177 Å². The number of rotatable bonds is 12. The number of ether oxygens (including phenoxy) is 6. The highest BCUT2D eigenvalue weighted by Gasteiger charge is 2.57. The lowest BCUT2D eigenvalue weighted by Crippen LogP contribution is -2.71. The number of benzene rings is 3. The van der Waals surface area contributed by atoms with E-state index < -0.39 is 86.8 Å². The van der Waals surface area contributed by atoms with Crippen LogP contribution in [-0.2, 0) is 51.7 Å². The van der Waals surface area contributed by atoms with Gasteiger partial charge in [-0.1, -0.05) is 72.8 Å². The van der Waals surface area contributed by atoms with E-state index in [2.05, 4.69) is 10.0 Å². The van der Waals surface area contributed by atoms with Gasteiger partial charge in [-0.2, -0.15) is 0 Å². The number of para-hydroxylation sites is 1. The van der Waals surface area contributed by atoms with Crippen LogP contribution in [0.25, 0.3) is 0 Å². The fraction of sp³-hybridized carbons (Fsp3) is 0.438. The Morgan fingerprint density at radius 1 is 0.766 bits per heavy atom. The number of nitro benzene ring substituents is 1. The lowest BCUT2D eigenvalue weighted by atomic mass is 9.92. The number of nitrogens with one attached hydrogen (secondary N) is 2. The molecule has 0 amide bonds. The Labute approximate surface area is 271 Å². The second-order valence-electron chi connectivity index (χ2n) is 11.9. The standard InChI is InChI=1S/C32H35N3O11S/c36-28-25(22-17-44-32(45-22)30(28)42-16-20-11-5-2-6-12-20)33-27-26(34-47(39,40)24-14-8-7-13-21(24)35(37)38)29(23-18-43-31(27)46-23)41-15-19-9-3-1-4-10-19/h1-14,22-23,25-34,36H,15-18H2/t22-,23-,25-,26-,27-,28+,29-,30-,31-,32-/m1/s1. The minimum Gasteiger partial charge on any atom is -0.388 e. The van der Waals surface area contributed by atoms with Crippen molar-refractivity contribution in [1.82, 2.24) is 10.0 Å². The van der Waals surface area contributed by atoms with Crippen molar-refractivity contribution in [1.29, 1.82) is 0 Å². The number of nitro groups is 1. The van der Waals surface area contributed by atoms with Gasteiger partial charge in [0.05, 0.1) is 49.5 Å². The van der Waals surface area contributed by atoms with Crippen LogP contribution in [0.1, 0.15) is 11.1 Å². The van der Waals surface area contributed by atoms with E-state index in [1.165, 1.54) is 18.2 Å². The van der Waals surface area contributed by atoms with Crippen LogP contribution in [-0.4, -0.2) is 92.9 Å². The van der Waals surface area contributed by atoms with Gasteiger partial charge in [-0.25, -0.2) is 13.1 Å². The van der Waals surface area contributed by atoms with Gasteiger partial charge in [-0.05, 0) is 17.2 Å². The molecule has 0 aromatic heterocycles. The predicted octanol–water partition coefficient (Wildman–Crippen LogP) is 1.61. The number of sulfonamides is 1. The zero-order valence-corrected chi connectivity index (χ0v) is 25.9. The molecular formula is C32H35N3O11S. The number of hydrogen-bond acceptors (Lipinski definition) is 12. The SMILES string of the molecule is O=[N+]([O-])c1ccccc1S(=O)(=O)N[C@@H]1[C@@H](N[C@H]2[C@H](O)[C@@H](OCc3ccccc3)[C@@H]3OC[C@H]2O3)[C@@H]2OC[C@@H](O2)[C@H]1OCc1ccccc1. The summed E-state index contributed by atoms with van der Waals surface area (Å²) in [4.78, 5) is 10.5. The Morgan fingerprint density at radius 3 is 2.02 bits per heavy atom. The number of nitrogens with zero attached hydrogens (tertiary/aromatic N) is 1. The second-order valence-corrected chi connectivity index (χ2v) is 13.5. The molecule has 250 valence electrons. The van der Waals surface area contributed by atoms with Gasteiger partial charge in [-0.3, -0.25) is 10.1 Å². The van der Waals surface area contributed by atoms with Crippen molar-refractivity contribution in [3.8, 4) is 0 Å². The Bertz CT molecular complexity index is 1650. The molecule has 7 rings (SSSR count). The Kier molecular flexibility index (Phi) is 9.35. The van der Waals surface area contributed by atoms with Gasteiger partial charge in [0, 0.05) is 6.07 Å². The summed E-state index contributed by atoms with van der Waals surface area (Å²) in [7, 11) is -4.48. The van der Waals surface area contributed by atoms with Crippen molar-refractivity contribution in [2.75, 3.05) is 13.2 Å². The lowest BCUT2D eigenvalue weighted by Gasteiger charge is -2.45. The molecule has 14 nitrogen and oxygen atoms in total. The van der Waals surface area contributed by atoms with E-state index in [1.54, 1.807) is 0 Å². The normalized spacial score (nSPS) is 33.1. The van der Waals surface area contributed by atoms with Crippen LogP contribution in [0.15, 0.2) is 89.8 Å². The molecule has 0 spiro atoms. The molecular weight excluding hydrogens is 634 g/mol. The summed E-state index contributed by atoms with van der Waals surface area (Å²) in [5.74, 6) is 0. The molecule has 4 saturated heterocycles. The molecule has 0 unspecified atom stereocenters. The summed E-state index contributed by atoms with van der Waals surface area (Å²) in [5, 5.41) is 26.8. The number of aliphatic hydroxyl groups excluding tert-OH is 1. The molecule has 10 atom stereocenters. The quantitative estimate of drug-likeness (QED) is 0.188. The van der Waals surface area contributed by atoms with Gasteiger partial charge in [0.15, 0.2) is 17.5 Å². The monoisotopic (exact) mass is 669 g/mol. The summed E-state index contributed by atoms with van der Waals surface area (Å²) in [6, 6.07) is 21.2. The Hall–Kier alpha value is -3.35. The van der Waals surface area contributed by atoms with Crippen LogP contribution in [0, 0.1) is 10.1 Å². The molecule has 3 aromatic rings. The first kappa shape index (κ1) is 32.2. The van der Waals surface area contributed by atoms with E-state index in [4.69, 9.17) is 28.4 Å². The van der Waals surface area contributed by atoms with Crippen LogP contribution in [0.5, 0.6) is 0 Å². The largest absolute Gasteiger partial charge is 0.388 e. The molecule has 0 aliphatic carbocycles. The Morgan fingerprint density at radius 2 is 1.34 bits per heavy atom. The van der Waals surface area contributed by atoms with E-state index in [9.17, 15) is 23.6 Å². The molecule has 4 aliphatic heterocycles. The van der Waals surface area contributed by atoms with Crippen LogP contribution < -0.4 is 10.0 Å². The first-order chi connectivity index (χ1) is 22.8. The summed E-state index contributed by atoms with van der Waals surface area (Å²) < 4.78 is 67.0. The van der Waals surface area contributed by atoms with Gasteiger partial charge < -0.3 is 38.8 Å². The maximum atomic E-state index is 13.9. The molecule has 3 aromatic carbocycles. The van der Waals surface area contributed by atoms with Crippen molar-refractivity contribution >= 4 is 15.7 Å². The summed E-state index contributed by atoms with van der Waals surface area (Å²) in [6.07, 6.45) is -5.84. The number of aliphatic hydroxyl groups is 1. The van der Waals surface area contributed by atoms with Crippen molar-refractivity contribution in [3.63, 3.8) is 0 Å². The highest BCUT2D eigenvalue weighted by molar-refractivity contribution is 7.89. The summed E-state index contributed by atoms with van der Waals surface area (Å²) in [5.41, 5.74) is 1.18. The highest BCUT2D eigenvalue weighted by Crippen LogP contribution is 2.36. The fourth-order valence-electron chi connectivity index (χ4n) is 6.54. The van der Waals surface area contributed by atoms with Crippen molar-refractivity contribution < 1.29 is 46.9 Å². The van der Waals surface area contributed by atoms with Crippen molar-refractivity contribution in [3.05, 3.63) is 106 Å². The van der Waals surface area contributed by atoms with Crippen molar-refractivity contribution in [2.24, 2.45) is 0 Å². The van der Waals surface area contributed by atoms with Gasteiger partial charge >= 0.3 is 0 Å². The molecule has 47 heavy (non-hydrogen) atoms. The molecule has 4 fully saturated rings. The van der Waals surface area contributed by atoms with Gasteiger partial charge in [0.25, 0.3) is 5.69 Å². The molecule has 0 saturated carbocycles. The van der Waals surface area contributed by atoms with E-state index >= 15 is 0 Å². The number of fused-ring (bicyclic) bond motifs is 4. The minimum atomic E-state index is -4.48. The first-order valence-corrected chi connectivity index (χ1v) is 16.8. The van der Waals surface area contributed by atoms with E-state index in [1.807, 2.05) is 60.7 Å². The second kappa shape index (κ2) is 13.6. The third-order valence-electron chi connectivity index (χ3n) is 8.84. The molecule has 3 N–H and O–H groups in total. The predicted molar refractivity (Wildman–Crippen MR) is 163 cm³/mol. The average Bonchev–Trinajstić information content (AvgIpc) is 3.72. The first-order valence-electron chi connectivity index (χ1n) is 15.3. The summed E-state index contributed by atoms with van der Waals surface area (Å²) in [6.45, 7) is 0.617. The smallest absolute Gasteiger partial charge is 0.289 e. The molecule has 0 radical (unpaired) electrons. The maximum absolute atomic E-state index is 13.9. The van der Waals surface area contributed by atoms with Crippen LogP contribution in [0.2, 0.25) is 0 Å². The maximum Gasteiger partial charge on any atom is 0.289 e. The molecule has 15 heteroatoms. The third-order valence-corrected chi connectivity index (χ3v) is 10.3.